The molecule has 23 heteroatoms. The highest BCUT2D eigenvalue weighted by Gasteiger charge is 2.42. The maximum atomic E-state index is 11.4. The number of unbranched alkanes of at least 4 members (excludes halogenated alkanes) is 15. The number of quaternary nitrogens is 1. The van der Waals surface area contributed by atoms with Gasteiger partial charge in [0.15, 0.2) is 0 Å². The standard InChI is InChI=1S/C41H90N4O15S3Si/c1-4-5-6-7-8-9-10-11-12-13-14-15-16-17-18-19-30-45(2,3)31-20-41-64(58-35-24-42(21-32-46)27-38-61(49,50)51,59-36-25-43(22-33-47)28-39-62(52,53)54)60-37-26-44(23-34-48)29-40-63(55,56)57/h46-48H,4-41H2,1-3H3,(H2-,49,50,51,52,53,54,55,56,57)/p-2. The van der Waals surface area contributed by atoms with E-state index in [1.807, 2.05) is 0 Å². The van der Waals surface area contributed by atoms with Crippen LogP contribution in [0.1, 0.15) is 116 Å². The molecule has 0 saturated carbocycles. The third-order valence-corrected chi connectivity index (χ3v) is 16.2. The molecule has 0 spiro atoms. The molecular weight excluding hydrogens is 913 g/mol. The van der Waals surface area contributed by atoms with Gasteiger partial charge in [-0.25, -0.2) is 25.3 Å². The predicted molar refractivity (Wildman–Crippen MR) is 249 cm³/mol. The van der Waals surface area contributed by atoms with Crippen LogP contribution in [0.4, 0.5) is 0 Å². The summed E-state index contributed by atoms with van der Waals surface area (Å²) >= 11 is 0. The smallest absolute Gasteiger partial charge is 0.501 e. The topological polar surface area (TPSA) is 270 Å². The van der Waals surface area contributed by atoms with Crippen LogP contribution in [0.5, 0.6) is 0 Å². The molecule has 0 aliphatic carbocycles. The first-order valence-corrected chi connectivity index (χ1v) is 30.4. The fraction of sp³-hybridized carbons (Fsp3) is 1.00. The van der Waals surface area contributed by atoms with E-state index < -0.39 is 56.4 Å². The summed E-state index contributed by atoms with van der Waals surface area (Å²) in [7, 11) is -13.0. The summed E-state index contributed by atoms with van der Waals surface area (Å²) in [6, 6.07) is 0.312. The van der Waals surface area contributed by atoms with E-state index in [4.69, 9.17) is 13.3 Å². The minimum atomic E-state index is -4.53. The zero-order chi connectivity index (χ0) is 48.2. The molecule has 64 heavy (non-hydrogen) atoms. The average molecular weight is 1000 g/mol. The summed E-state index contributed by atoms with van der Waals surface area (Å²) in [6.45, 7) is 2.96. The van der Waals surface area contributed by atoms with Gasteiger partial charge in [-0.15, -0.1) is 0 Å². The van der Waals surface area contributed by atoms with Crippen molar-refractivity contribution in [3.63, 3.8) is 0 Å². The summed E-state index contributed by atoms with van der Waals surface area (Å²) in [5.74, 6) is -2.02. The van der Waals surface area contributed by atoms with E-state index >= 15 is 0 Å². The van der Waals surface area contributed by atoms with Gasteiger partial charge in [0.05, 0.1) is 114 Å². The van der Waals surface area contributed by atoms with Crippen molar-refractivity contribution in [3.05, 3.63) is 0 Å². The van der Waals surface area contributed by atoms with E-state index in [1.54, 1.807) is 14.7 Å². The molecule has 0 saturated heterocycles. The predicted octanol–water partition coefficient (Wildman–Crippen LogP) is 2.22. The Hall–Kier alpha value is -0.453. The van der Waals surface area contributed by atoms with Gasteiger partial charge in [-0.3, -0.25) is 14.7 Å². The fourth-order valence-electron chi connectivity index (χ4n) is 7.41. The van der Waals surface area contributed by atoms with Crippen molar-refractivity contribution in [3.8, 4) is 0 Å². The molecule has 0 amide bonds. The third-order valence-electron chi connectivity index (χ3n) is 11.3. The van der Waals surface area contributed by atoms with E-state index in [1.165, 1.54) is 89.9 Å². The van der Waals surface area contributed by atoms with Gasteiger partial charge in [0.2, 0.25) is 0 Å². The summed E-state index contributed by atoms with van der Waals surface area (Å²) < 4.78 is 122. The molecule has 386 valence electrons. The van der Waals surface area contributed by atoms with Gasteiger partial charge < -0.3 is 46.7 Å². The van der Waals surface area contributed by atoms with Gasteiger partial charge in [0.1, 0.15) is 0 Å². The highest BCUT2D eigenvalue weighted by Crippen LogP contribution is 2.21. The second-order valence-corrected chi connectivity index (χ2v) is 24.8. The molecule has 0 radical (unpaired) electrons. The van der Waals surface area contributed by atoms with Crippen molar-refractivity contribution < 1.29 is 72.0 Å². The molecule has 0 fully saturated rings. The first-order chi connectivity index (χ1) is 30.2. The SMILES string of the molecule is CCCCCCCCCCCCCCCCCC[N+](C)(C)CCC[Si](OCCN(CCO)CCS(=O)(=O)[O-])(OCCN(CCO)CCS(=O)(=O)[O-])OCCN(CCO)CCS(=O)(=O)[O-]. The monoisotopic (exact) mass is 1000 g/mol. The maximum Gasteiger partial charge on any atom is 0.501 e. The Morgan fingerprint density at radius 2 is 0.719 bits per heavy atom. The largest absolute Gasteiger partial charge is 0.748 e. The van der Waals surface area contributed by atoms with Crippen molar-refractivity contribution in [2.24, 2.45) is 0 Å². The Balaban J connectivity index is 5.74. The number of aliphatic hydroxyl groups is 3. The molecule has 0 atom stereocenters. The van der Waals surface area contributed by atoms with Gasteiger partial charge in [-0.1, -0.05) is 96.8 Å². The van der Waals surface area contributed by atoms with Crippen LogP contribution in [0.15, 0.2) is 0 Å². The zero-order valence-electron chi connectivity index (χ0n) is 39.6. The van der Waals surface area contributed by atoms with Gasteiger partial charge >= 0.3 is 8.80 Å². The van der Waals surface area contributed by atoms with Crippen LogP contribution in [-0.2, 0) is 43.6 Å². The Kier molecular flexibility index (Phi) is 37.2. The molecule has 0 bridgehead atoms. The van der Waals surface area contributed by atoms with E-state index in [-0.39, 0.29) is 98.5 Å². The Labute approximate surface area is 389 Å². The first kappa shape index (κ1) is 63.5. The van der Waals surface area contributed by atoms with Crippen molar-refractivity contribution >= 4 is 39.2 Å². The molecule has 19 nitrogen and oxygen atoms in total. The Bertz CT molecular complexity index is 1330. The fourth-order valence-corrected chi connectivity index (χ4v) is 11.3. The number of rotatable bonds is 48. The van der Waals surface area contributed by atoms with Gasteiger partial charge in [0.25, 0.3) is 0 Å². The molecule has 0 aromatic heterocycles. The molecular formula is C41H88N4O15S3Si-2. The average Bonchev–Trinajstić information content (AvgIpc) is 3.20. The van der Waals surface area contributed by atoms with Gasteiger partial charge in [0, 0.05) is 71.4 Å². The Morgan fingerprint density at radius 3 is 1.00 bits per heavy atom. The normalized spacial score (nSPS) is 13.3. The van der Waals surface area contributed by atoms with Crippen LogP contribution >= 0.6 is 0 Å². The quantitative estimate of drug-likeness (QED) is 0.0341. The minimum Gasteiger partial charge on any atom is -0.748 e. The van der Waals surface area contributed by atoms with Crippen LogP contribution in [0.2, 0.25) is 6.04 Å². The van der Waals surface area contributed by atoms with E-state index in [0.717, 1.165) is 30.4 Å². The number of nitrogens with zero attached hydrogens (tertiary/aromatic N) is 4. The molecule has 0 unspecified atom stereocenters. The van der Waals surface area contributed by atoms with Crippen LogP contribution in [-0.4, -0.2) is 225 Å². The zero-order valence-corrected chi connectivity index (χ0v) is 43.1. The van der Waals surface area contributed by atoms with E-state index in [0.29, 0.717) is 12.5 Å². The number of hydrogen-bond acceptors (Lipinski definition) is 18. The van der Waals surface area contributed by atoms with E-state index in [9.17, 15) is 54.2 Å². The molecule has 0 heterocycles. The lowest BCUT2D eigenvalue weighted by Gasteiger charge is -2.35. The van der Waals surface area contributed by atoms with Crippen molar-refractivity contribution in [2.45, 2.75) is 122 Å². The number of hydrogen-bond donors (Lipinski definition) is 3. The third kappa shape index (κ3) is 40.6. The summed E-state index contributed by atoms with van der Waals surface area (Å²) in [4.78, 5) is 4.68. The lowest BCUT2D eigenvalue weighted by molar-refractivity contribution is -0.890. The van der Waals surface area contributed by atoms with Gasteiger partial charge in [-0.05, 0) is 12.8 Å². The van der Waals surface area contributed by atoms with Crippen LogP contribution in [0.25, 0.3) is 0 Å². The van der Waals surface area contributed by atoms with E-state index in [2.05, 4.69) is 21.0 Å². The van der Waals surface area contributed by atoms with Crippen molar-refractivity contribution in [1.82, 2.24) is 14.7 Å². The second-order valence-electron chi connectivity index (χ2n) is 17.5. The highest BCUT2D eigenvalue weighted by atomic mass is 32.2. The minimum absolute atomic E-state index is 0.0495. The van der Waals surface area contributed by atoms with Crippen LogP contribution < -0.4 is 0 Å². The molecule has 0 aliphatic rings. The lowest BCUT2D eigenvalue weighted by Crippen LogP contribution is -2.51. The molecule has 0 aromatic rings. The summed E-state index contributed by atoms with van der Waals surface area (Å²) in [5.41, 5.74) is 0. The molecule has 3 N–H and O–H groups in total. The first-order valence-electron chi connectivity index (χ1n) is 23.7. The number of aliphatic hydroxyl groups excluding tert-OH is 3. The highest BCUT2D eigenvalue weighted by molar-refractivity contribution is 7.86. The maximum absolute atomic E-state index is 11.4. The molecule has 0 aromatic carbocycles. The summed E-state index contributed by atoms with van der Waals surface area (Å²) in [5, 5.41) is 28.8. The molecule has 0 aliphatic heterocycles. The van der Waals surface area contributed by atoms with Gasteiger partial charge in [-0.2, -0.15) is 0 Å². The lowest BCUT2D eigenvalue weighted by atomic mass is 10.0. The second kappa shape index (κ2) is 37.4. The van der Waals surface area contributed by atoms with Crippen molar-refractivity contribution in [2.75, 3.05) is 143 Å². The van der Waals surface area contributed by atoms with Crippen LogP contribution in [0, 0.1) is 0 Å². The van der Waals surface area contributed by atoms with Crippen LogP contribution in [0.3, 0.4) is 0 Å². The summed E-state index contributed by atoms with van der Waals surface area (Å²) in [6.07, 6.45) is 21.3. The Morgan fingerprint density at radius 1 is 0.438 bits per heavy atom. The molecule has 0 rings (SSSR count). The van der Waals surface area contributed by atoms with Crippen molar-refractivity contribution in [1.29, 1.82) is 0 Å².